The van der Waals surface area contributed by atoms with E-state index in [0.29, 0.717) is 11.7 Å². The van der Waals surface area contributed by atoms with E-state index in [1.54, 1.807) is 0 Å². The molecule has 2 N–H and O–H groups in total. The second kappa shape index (κ2) is 6.67. The van der Waals surface area contributed by atoms with Crippen LogP contribution in [0, 0.1) is 19.8 Å². The van der Waals surface area contributed by atoms with E-state index in [2.05, 4.69) is 32.0 Å². The van der Waals surface area contributed by atoms with E-state index in [-0.39, 0.29) is 6.04 Å². The molecule has 1 aliphatic carbocycles. The molecule has 2 atom stereocenters. The largest absolute Gasteiger partial charge is 0.323 e. The van der Waals surface area contributed by atoms with Gasteiger partial charge in [-0.05, 0) is 38.2 Å². The Bertz CT molecular complexity index is 432. The number of hydrogen-bond acceptors (Lipinski definition) is 2. The quantitative estimate of drug-likeness (QED) is 0.899. The van der Waals surface area contributed by atoms with E-state index in [0.717, 1.165) is 11.3 Å². The van der Waals surface area contributed by atoms with Gasteiger partial charge in [0.25, 0.3) is 0 Å². The Morgan fingerprint density at radius 2 is 1.79 bits per heavy atom. The van der Waals surface area contributed by atoms with Crippen LogP contribution in [0.15, 0.2) is 18.2 Å². The van der Waals surface area contributed by atoms with Crippen LogP contribution < -0.4 is 5.73 Å². The van der Waals surface area contributed by atoms with Crippen molar-refractivity contribution in [1.29, 1.82) is 0 Å². The fraction of sp³-hybridized carbons (Fsp3) is 0.625. The molecular formula is C16H25NOS. The van der Waals surface area contributed by atoms with Gasteiger partial charge in [-0.3, -0.25) is 4.21 Å². The van der Waals surface area contributed by atoms with Gasteiger partial charge in [-0.1, -0.05) is 42.2 Å². The average molecular weight is 279 g/mol. The number of aryl methyl sites for hydroxylation is 2. The number of benzene rings is 1. The molecule has 1 fully saturated rings. The zero-order chi connectivity index (χ0) is 13.8. The van der Waals surface area contributed by atoms with E-state index in [1.165, 1.54) is 36.8 Å². The number of nitrogens with two attached hydrogens (primary N) is 1. The van der Waals surface area contributed by atoms with Crippen LogP contribution in [0.4, 0.5) is 0 Å². The fourth-order valence-electron chi connectivity index (χ4n) is 3.03. The van der Waals surface area contributed by atoms with E-state index in [1.807, 2.05) is 0 Å². The van der Waals surface area contributed by atoms with Crippen molar-refractivity contribution in [3.63, 3.8) is 0 Å². The molecule has 2 unspecified atom stereocenters. The Morgan fingerprint density at radius 1 is 1.21 bits per heavy atom. The zero-order valence-corrected chi connectivity index (χ0v) is 12.8. The summed E-state index contributed by atoms with van der Waals surface area (Å²) in [6.45, 7) is 4.16. The Hall–Kier alpha value is -0.670. The zero-order valence-electron chi connectivity index (χ0n) is 12.0. The molecule has 3 heteroatoms. The first kappa shape index (κ1) is 14.7. The third-order valence-electron chi connectivity index (χ3n) is 3.93. The topological polar surface area (TPSA) is 43.1 Å². The molecular weight excluding hydrogens is 254 g/mol. The van der Waals surface area contributed by atoms with E-state index in [4.69, 9.17) is 5.73 Å². The van der Waals surface area contributed by atoms with Crippen LogP contribution in [0.25, 0.3) is 0 Å². The van der Waals surface area contributed by atoms with E-state index >= 15 is 0 Å². The third kappa shape index (κ3) is 4.43. The molecule has 2 nitrogen and oxygen atoms in total. The van der Waals surface area contributed by atoms with Gasteiger partial charge in [0.05, 0.1) is 0 Å². The Balaban J connectivity index is 1.92. The van der Waals surface area contributed by atoms with Gasteiger partial charge in [0.2, 0.25) is 0 Å². The lowest BCUT2D eigenvalue weighted by Gasteiger charge is -2.15. The van der Waals surface area contributed by atoms with E-state index in [9.17, 15) is 4.21 Å². The van der Waals surface area contributed by atoms with Gasteiger partial charge >= 0.3 is 0 Å². The van der Waals surface area contributed by atoms with Crippen LogP contribution in [0.3, 0.4) is 0 Å². The van der Waals surface area contributed by atoms with Crippen molar-refractivity contribution >= 4 is 10.8 Å². The molecule has 0 spiro atoms. The van der Waals surface area contributed by atoms with Crippen molar-refractivity contribution in [2.75, 3.05) is 11.5 Å². The van der Waals surface area contributed by atoms with Gasteiger partial charge < -0.3 is 5.73 Å². The summed E-state index contributed by atoms with van der Waals surface area (Å²) in [6.07, 6.45) is 5.13. The molecule has 0 heterocycles. The standard InChI is InChI=1S/C16H25NOS/c1-12-7-13(2)9-15(8-12)16(17)11-19(18)10-14-5-3-4-6-14/h7-9,14,16H,3-6,10-11,17H2,1-2H3. The molecule has 0 radical (unpaired) electrons. The van der Waals surface area contributed by atoms with Crippen molar-refractivity contribution < 1.29 is 4.21 Å². The van der Waals surface area contributed by atoms with Gasteiger partial charge in [0, 0.05) is 28.3 Å². The van der Waals surface area contributed by atoms with Crippen LogP contribution >= 0.6 is 0 Å². The second-order valence-corrected chi connectivity index (χ2v) is 7.50. The van der Waals surface area contributed by atoms with Crippen molar-refractivity contribution in [3.05, 3.63) is 34.9 Å². The van der Waals surface area contributed by atoms with Gasteiger partial charge in [-0.2, -0.15) is 0 Å². The highest BCUT2D eigenvalue weighted by atomic mass is 32.2. The summed E-state index contributed by atoms with van der Waals surface area (Å²) in [6, 6.07) is 6.28. The molecule has 0 aliphatic heterocycles. The monoisotopic (exact) mass is 279 g/mol. The smallest absolute Gasteiger partial charge is 0.0428 e. The minimum atomic E-state index is -0.779. The third-order valence-corrected chi connectivity index (χ3v) is 5.51. The predicted octanol–water partition coefficient (Wildman–Crippen LogP) is 3.24. The Labute approximate surface area is 119 Å². The van der Waals surface area contributed by atoms with Crippen LogP contribution in [-0.4, -0.2) is 15.7 Å². The highest BCUT2D eigenvalue weighted by molar-refractivity contribution is 7.85. The number of rotatable bonds is 5. The van der Waals surface area contributed by atoms with Gasteiger partial charge in [0.15, 0.2) is 0 Å². The summed E-state index contributed by atoms with van der Waals surface area (Å²) in [5.74, 6) is 2.12. The molecule has 1 saturated carbocycles. The van der Waals surface area contributed by atoms with Crippen molar-refractivity contribution in [1.82, 2.24) is 0 Å². The lowest BCUT2D eigenvalue weighted by molar-refractivity contribution is 0.602. The SMILES string of the molecule is Cc1cc(C)cc(C(N)CS(=O)CC2CCCC2)c1. The van der Waals surface area contributed by atoms with Crippen LogP contribution in [0.2, 0.25) is 0 Å². The molecule has 19 heavy (non-hydrogen) atoms. The summed E-state index contributed by atoms with van der Waals surface area (Å²) < 4.78 is 12.2. The normalized spacial score (nSPS) is 19.5. The molecule has 0 bridgehead atoms. The first-order chi connectivity index (χ1) is 9.04. The number of hydrogen-bond donors (Lipinski definition) is 1. The molecule has 0 amide bonds. The summed E-state index contributed by atoms with van der Waals surface area (Å²) in [7, 11) is -0.779. The highest BCUT2D eigenvalue weighted by Gasteiger charge is 2.19. The lowest BCUT2D eigenvalue weighted by atomic mass is 10.0. The molecule has 2 rings (SSSR count). The summed E-state index contributed by atoms with van der Waals surface area (Å²) in [5, 5.41) is 0. The second-order valence-electron chi connectivity index (χ2n) is 5.95. The van der Waals surface area contributed by atoms with Gasteiger partial charge in [0.1, 0.15) is 0 Å². The first-order valence-corrected chi connectivity index (χ1v) is 8.72. The lowest BCUT2D eigenvalue weighted by Crippen LogP contribution is -2.21. The molecule has 1 aliphatic rings. The maximum atomic E-state index is 12.2. The molecule has 0 saturated heterocycles. The summed E-state index contributed by atoms with van der Waals surface area (Å²) in [5.41, 5.74) is 9.79. The van der Waals surface area contributed by atoms with Gasteiger partial charge in [-0.25, -0.2) is 0 Å². The van der Waals surface area contributed by atoms with Crippen molar-refractivity contribution in [2.45, 2.75) is 45.6 Å². The molecule has 1 aromatic carbocycles. The Morgan fingerprint density at radius 3 is 2.37 bits per heavy atom. The van der Waals surface area contributed by atoms with Crippen molar-refractivity contribution in [2.24, 2.45) is 11.7 Å². The highest BCUT2D eigenvalue weighted by Crippen LogP contribution is 2.26. The minimum absolute atomic E-state index is 0.0964. The first-order valence-electron chi connectivity index (χ1n) is 7.23. The average Bonchev–Trinajstić information content (AvgIpc) is 2.80. The van der Waals surface area contributed by atoms with Gasteiger partial charge in [-0.15, -0.1) is 0 Å². The maximum absolute atomic E-state index is 12.2. The minimum Gasteiger partial charge on any atom is -0.323 e. The van der Waals surface area contributed by atoms with Crippen LogP contribution in [-0.2, 0) is 10.8 Å². The summed E-state index contributed by atoms with van der Waals surface area (Å²) in [4.78, 5) is 0. The molecule has 0 aromatic heterocycles. The van der Waals surface area contributed by atoms with Crippen LogP contribution in [0.1, 0.15) is 48.4 Å². The summed E-state index contributed by atoms with van der Waals surface area (Å²) >= 11 is 0. The Kier molecular flexibility index (Phi) is 5.17. The maximum Gasteiger partial charge on any atom is 0.0428 e. The van der Waals surface area contributed by atoms with E-state index < -0.39 is 10.8 Å². The van der Waals surface area contributed by atoms with Crippen molar-refractivity contribution in [3.8, 4) is 0 Å². The molecule has 106 valence electrons. The van der Waals surface area contributed by atoms with Crippen LogP contribution in [0.5, 0.6) is 0 Å². The molecule has 1 aromatic rings. The predicted molar refractivity (Wildman–Crippen MR) is 82.7 cm³/mol. The fourth-order valence-corrected chi connectivity index (χ4v) is 4.62.